The predicted octanol–water partition coefficient (Wildman–Crippen LogP) is 3.84. The molecule has 2 atom stereocenters. The second-order valence-electron chi connectivity index (χ2n) is 6.22. The fourth-order valence-electron chi connectivity index (χ4n) is 2.96. The second kappa shape index (κ2) is 7.16. The minimum Gasteiger partial charge on any atom is -0.454 e. The fraction of sp³-hybridized carbons (Fsp3) is 0.278. The van der Waals surface area contributed by atoms with Crippen LogP contribution in [-0.2, 0) is 4.79 Å². The molecule has 140 valence electrons. The van der Waals surface area contributed by atoms with Gasteiger partial charge in [0, 0.05) is 0 Å². The highest BCUT2D eigenvalue weighted by Gasteiger charge is 2.23. The van der Waals surface area contributed by atoms with Gasteiger partial charge in [0.1, 0.15) is 6.04 Å². The number of nitrogens with zero attached hydrogens (tertiary/aromatic N) is 2. The van der Waals surface area contributed by atoms with Crippen LogP contribution < -0.4 is 14.8 Å². The van der Waals surface area contributed by atoms with Gasteiger partial charge in [-0.05, 0) is 55.2 Å². The molecular formula is C18H18N4O3S2. The first-order chi connectivity index (χ1) is 13.0. The molecule has 0 fully saturated rings. The lowest BCUT2D eigenvalue weighted by Crippen LogP contribution is -2.33. The smallest absolute Gasteiger partial charge is 0.243 e. The van der Waals surface area contributed by atoms with Gasteiger partial charge >= 0.3 is 0 Å². The van der Waals surface area contributed by atoms with Gasteiger partial charge in [0.15, 0.2) is 22.1 Å². The van der Waals surface area contributed by atoms with Crippen LogP contribution in [0.15, 0.2) is 35.7 Å². The van der Waals surface area contributed by atoms with Crippen LogP contribution in [0.5, 0.6) is 11.5 Å². The van der Waals surface area contributed by atoms with Gasteiger partial charge in [-0.25, -0.2) is 0 Å². The van der Waals surface area contributed by atoms with Crippen molar-refractivity contribution < 1.29 is 14.3 Å². The van der Waals surface area contributed by atoms with Gasteiger partial charge in [-0.3, -0.25) is 14.5 Å². The quantitative estimate of drug-likeness (QED) is 0.634. The molecule has 1 amide bonds. The van der Waals surface area contributed by atoms with Gasteiger partial charge in [-0.15, -0.1) is 11.3 Å². The Hall–Kier alpha value is -2.65. The topological polar surface area (TPSA) is 81.2 Å². The van der Waals surface area contributed by atoms with E-state index in [0.717, 1.165) is 16.2 Å². The maximum atomic E-state index is 12.9. The monoisotopic (exact) mass is 402 g/mol. The maximum absolute atomic E-state index is 12.9. The van der Waals surface area contributed by atoms with Crippen molar-refractivity contribution >= 4 is 29.5 Å². The summed E-state index contributed by atoms with van der Waals surface area (Å²) in [7, 11) is 0. The molecule has 0 aliphatic carbocycles. The third-order valence-corrected chi connectivity index (χ3v) is 5.62. The highest BCUT2D eigenvalue weighted by atomic mass is 32.1. The van der Waals surface area contributed by atoms with Crippen molar-refractivity contribution in [2.75, 3.05) is 6.79 Å². The Morgan fingerprint density at radius 3 is 2.93 bits per heavy atom. The zero-order chi connectivity index (χ0) is 19.0. The van der Waals surface area contributed by atoms with E-state index in [4.69, 9.17) is 21.7 Å². The molecule has 0 spiro atoms. The lowest BCUT2D eigenvalue weighted by Gasteiger charge is -2.19. The SMILES string of the molecule is CC(NC(=O)C(C)n1c(-c2cccs2)n[nH]c1=S)c1ccc2c(c1)OCO2. The number of fused-ring (bicyclic) bond motifs is 1. The summed E-state index contributed by atoms with van der Waals surface area (Å²) < 4.78 is 12.9. The summed E-state index contributed by atoms with van der Waals surface area (Å²) in [6.07, 6.45) is 0. The van der Waals surface area contributed by atoms with Crippen LogP contribution in [0.2, 0.25) is 0 Å². The minimum absolute atomic E-state index is 0.143. The number of aromatic amines is 1. The van der Waals surface area contributed by atoms with Crippen molar-refractivity contribution in [2.45, 2.75) is 25.9 Å². The zero-order valence-electron chi connectivity index (χ0n) is 14.8. The Morgan fingerprint density at radius 1 is 1.33 bits per heavy atom. The lowest BCUT2D eigenvalue weighted by atomic mass is 10.1. The predicted molar refractivity (Wildman–Crippen MR) is 105 cm³/mol. The molecule has 3 heterocycles. The lowest BCUT2D eigenvalue weighted by molar-refractivity contribution is -0.124. The van der Waals surface area contributed by atoms with Crippen molar-refractivity contribution in [2.24, 2.45) is 0 Å². The van der Waals surface area contributed by atoms with E-state index in [9.17, 15) is 4.79 Å². The molecular weight excluding hydrogens is 384 g/mol. The fourth-order valence-corrected chi connectivity index (χ4v) is 3.96. The number of aromatic nitrogens is 3. The third-order valence-electron chi connectivity index (χ3n) is 4.47. The summed E-state index contributed by atoms with van der Waals surface area (Å²) in [5.41, 5.74) is 0.939. The third kappa shape index (κ3) is 3.35. The van der Waals surface area contributed by atoms with E-state index in [-0.39, 0.29) is 18.7 Å². The molecule has 1 aliphatic heterocycles. The Labute approximate surface area is 164 Å². The second-order valence-corrected chi connectivity index (χ2v) is 7.55. The van der Waals surface area contributed by atoms with E-state index >= 15 is 0 Å². The molecule has 7 nitrogen and oxygen atoms in total. The molecule has 27 heavy (non-hydrogen) atoms. The summed E-state index contributed by atoms with van der Waals surface area (Å²) >= 11 is 6.89. The molecule has 1 aliphatic rings. The molecule has 1 aromatic carbocycles. The normalized spacial score (nSPS) is 14.7. The Balaban J connectivity index is 1.53. The van der Waals surface area contributed by atoms with Crippen molar-refractivity contribution in [3.63, 3.8) is 0 Å². The molecule has 0 saturated heterocycles. The number of carbonyl (C=O) groups is 1. The standard InChI is InChI=1S/C18H18N4O3S2/c1-10(12-5-6-13-14(8-12)25-9-24-13)19-17(23)11(2)22-16(20-21-18(22)26)15-4-3-7-27-15/h3-8,10-11H,9H2,1-2H3,(H,19,23)(H,21,26). The number of H-pyrrole nitrogens is 1. The van der Waals surface area contributed by atoms with Crippen molar-refractivity contribution in [1.82, 2.24) is 20.1 Å². The van der Waals surface area contributed by atoms with E-state index in [1.807, 2.05) is 49.6 Å². The van der Waals surface area contributed by atoms with Gasteiger partial charge in [0.25, 0.3) is 0 Å². The number of hydrogen-bond acceptors (Lipinski definition) is 6. The highest BCUT2D eigenvalue weighted by molar-refractivity contribution is 7.71. The number of nitrogens with one attached hydrogen (secondary N) is 2. The first-order valence-electron chi connectivity index (χ1n) is 8.45. The van der Waals surface area contributed by atoms with Gasteiger partial charge in [0.2, 0.25) is 12.7 Å². The molecule has 4 rings (SSSR count). The van der Waals surface area contributed by atoms with E-state index < -0.39 is 6.04 Å². The summed E-state index contributed by atoms with van der Waals surface area (Å²) in [6.45, 7) is 3.96. The molecule has 3 aromatic rings. The average molecular weight is 403 g/mol. The number of thiophene rings is 1. The van der Waals surface area contributed by atoms with Gasteiger partial charge < -0.3 is 14.8 Å². The first-order valence-corrected chi connectivity index (χ1v) is 9.74. The van der Waals surface area contributed by atoms with Crippen LogP contribution in [0.1, 0.15) is 31.5 Å². The van der Waals surface area contributed by atoms with Crippen LogP contribution >= 0.6 is 23.6 Å². The molecule has 2 aromatic heterocycles. The van der Waals surface area contributed by atoms with Crippen LogP contribution in [0.25, 0.3) is 10.7 Å². The Bertz CT molecular complexity index is 1030. The van der Waals surface area contributed by atoms with E-state index in [1.165, 1.54) is 0 Å². The van der Waals surface area contributed by atoms with Crippen molar-refractivity contribution in [3.8, 4) is 22.2 Å². The Morgan fingerprint density at radius 2 is 2.15 bits per heavy atom. The molecule has 2 N–H and O–H groups in total. The summed E-state index contributed by atoms with van der Waals surface area (Å²) in [5, 5.41) is 12.1. The maximum Gasteiger partial charge on any atom is 0.243 e. The first kappa shape index (κ1) is 17.7. The van der Waals surface area contributed by atoms with E-state index in [1.54, 1.807) is 15.9 Å². The van der Waals surface area contributed by atoms with E-state index in [2.05, 4.69) is 15.5 Å². The summed E-state index contributed by atoms with van der Waals surface area (Å²) in [6, 6.07) is 8.85. The zero-order valence-corrected chi connectivity index (χ0v) is 16.4. The molecule has 9 heteroatoms. The molecule has 0 radical (unpaired) electrons. The summed E-state index contributed by atoms with van der Waals surface area (Å²) in [5.74, 6) is 1.93. The van der Waals surface area contributed by atoms with Gasteiger partial charge in [-0.2, -0.15) is 5.10 Å². The molecule has 0 bridgehead atoms. The number of rotatable bonds is 5. The van der Waals surface area contributed by atoms with E-state index in [0.29, 0.717) is 16.3 Å². The number of carbonyl (C=O) groups excluding carboxylic acids is 1. The molecule has 2 unspecified atom stereocenters. The Kier molecular flexibility index (Phi) is 4.71. The largest absolute Gasteiger partial charge is 0.454 e. The van der Waals surface area contributed by atoms with Crippen LogP contribution in [0.4, 0.5) is 0 Å². The van der Waals surface area contributed by atoms with Gasteiger partial charge in [0.05, 0.1) is 10.9 Å². The highest BCUT2D eigenvalue weighted by Crippen LogP contribution is 2.34. The number of hydrogen-bond donors (Lipinski definition) is 2. The van der Waals surface area contributed by atoms with Crippen molar-refractivity contribution in [1.29, 1.82) is 0 Å². The van der Waals surface area contributed by atoms with Crippen LogP contribution in [0.3, 0.4) is 0 Å². The number of ether oxygens (including phenoxy) is 2. The number of amides is 1. The van der Waals surface area contributed by atoms with Gasteiger partial charge in [-0.1, -0.05) is 12.1 Å². The minimum atomic E-state index is -0.509. The molecule has 0 saturated carbocycles. The number of benzene rings is 1. The average Bonchev–Trinajstić information content (AvgIpc) is 3.40. The van der Waals surface area contributed by atoms with Crippen LogP contribution in [-0.4, -0.2) is 27.5 Å². The summed E-state index contributed by atoms with van der Waals surface area (Å²) in [4.78, 5) is 13.8. The van der Waals surface area contributed by atoms with Crippen molar-refractivity contribution in [3.05, 3.63) is 46.0 Å². The van der Waals surface area contributed by atoms with Crippen LogP contribution in [0, 0.1) is 4.77 Å².